The highest BCUT2D eigenvalue weighted by Crippen LogP contribution is 2.42. The Bertz CT molecular complexity index is 1080. The summed E-state index contributed by atoms with van der Waals surface area (Å²) in [7, 11) is -3.23. The van der Waals surface area contributed by atoms with Crippen molar-refractivity contribution in [3.8, 4) is 0 Å². The molecule has 0 saturated carbocycles. The number of hydrogen-bond acceptors (Lipinski definition) is 7. The van der Waals surface area contributed by atoms with Crippen molar-refractivity contribution in [2.45, 2.75) is 200 Å². The second kappa shape index (κ2) is 41.4. The van der Waals surface area contributed by atoms with Crippen LogP contribution in [0.2, 0.25) is 0 Å². The summed E-state index contributed by atoms with van der Waals surface area (Å²) in [6, 6.07) is 0. The van der Waals surface area contributed by atoms with Crippen molar-refractivity contribution < 1.29 is 37.6 Å². The van der Waals surface area contributed by atoms with E-state index in [1.165, 1.54) is 116 Å². The average molecular weight is 793 g/mol. The first-order valence-corrected chi connectivity index (χ1v) is 23.5. The molecule has 9 heteroatoms. The van der Waals surface area contributed by atoms with Gasteiger partial charge in [-0.25, -0.2) is 4.57 Å². The molecule has 0 fully saturated rings. The molecule has 0 aromatic heterocycles. The minimum atomic E-state index is -4.28. The largest absolute Gasteiger partial charge is 0.472 e. The lowest BCUT2D eigenvalue weighted by Gasteiger charge is -2.19. The Morgan fingerprint density at radius 2 is 0.964 bits per heavy atom. The van der Waals surface area contributed by atoms with Crippen molar-refractivity contribution in [1.29, 1.82) is 0 Å². The lowest BCUT2D eigenvalue weighted by atomic mass is 10.0. The molecule has 0 aromatic rings. The van der Waals surface area contributed by atoms with Crippen LogP contribution < -0.4 is 0 Å². The summed E-state index contributed by atoms with van der Waals surface area (Å²) in [4.78, 5) is 34.4. The molecule has 0 heterocycles. The van der Waals surface area contributed by atoms with Crippen molar-refractivity contribution in [3.05, 3.63) is 60.8 Å². The maximum atomic E-state index is 12.4. The third-order valence-corrected chi connectivity index (χ3v) is 10.2. The molecule has 0 aliphatic heterocycles. The van der Waals surface area contributed by atoms with E-state index in [1.54, 1.807) is 0 Å². The molecule has 0 saturated heterocycles. The van der Waals surface area contributed by atoms with Crippen LogP contribution >= 0.6 is 7.82 Å². The maximum absolute atomic E-state index is 12.4. The molecule has 0 amide bonds. The summed E-state index contributed by atoms with van der Waals surface area (Å²) in [6.45, 7) is 3.71. The molecule has 2 atom stereocenters. The van der Waals surface area contributed by atoms with Crippen molar-refractivity contribution >= 4 is 19.8 Å². The molecular weight excluding hydrogens is 711 g/mol. The fraction of sp³-hybridized carbons (Fsp3) is 0.739. The lowest BCUT2D eigenvalue weighted by Crippen LogP contribution is -2.29. The van der Waals surface area contributed by atoms with Gasteiger partial charge in [-0.1, -0.05) is 177 Å². The van der Waals surface area contributed by atoms with Gasteiger partial charge in [0.15, 0.2) is 6.10 Å². The second-order valence-electron chi connectivity index (χ2n) is 14.4. The zero-order valence-electron chi connectivity index (χ0n) is 35.3. The molecule has 318 valence electrons. The van der Waals surface area contributed by atoms with Gasteiger partial charge in [-0.15, -0.1) is 0 Å². The third-order valence-electron chi connectivity index (χ3n) is 9.26. The second-order valence-corrected chi connectivity index (χ2v) is 16.0. The highest BCUT2D eigenvalue weighted by Gasteiger charge is 2.24. The summed E-state index contributed by atoms with van der Waals surface area (Å²) < 4.78 is 31.9. The number of esters is 2. The van der Waals surface area contributed by atoms with Crippen LogP contribution in [0.25, 0.3) is 0 Å². The number of rotatable bonds is 40. The monoisotopic (exact) mass is 793 g/mol. The first-order chi connectivity index (χ1) is 26.8. The quantitative estimate of drug-likeness (QED) is 0.0283. The molecular formula is C46H81O8P. The molecule has 1 N–H and O–H groups in total. The Kier molecular flexibility index (Phi) is 39.7. The van der Waals surface area contributed by atoms with E-state index in [2.05, 4.69) is 67.0 Å². The number of phosphoric acid groups is 1. The Balaban J connectivity index is 3.97. The Labute approximate surface area is 337 Å². The van der Waals surface area contributed by atoms with Crippen molar-refractivity contribution in [2.75, 3.05) is 20.3 Å². The van der Waals surface area contributed by atoms with E-state index in [4.69, 9.17) is 14.0 Å². The summed E-state index contributed by atoms with van der Waals surface area (Å²) in [5.41, 5.74) is 0. The molecule has 8 nitrogen and oxygen atoms in total. The van der Waals surface area contributed by atoms with E-state index >= 15 is 0 Å². The van der Waals surface area contributed by atoms with Gasteiger partial charge in [-0.2, -0.15) is 0 Å². The van der Waals surface area contributed by atoms with E-state index in [1.807, 2.05) is 12.2 Å². The number of allylic oxidation sites excluding steroid dienone is 10. The van der Waals surface area contributed by atoms with Gasteiger partial charge in [0.2, 0.25) is 0 Å². The van der Waals surface area contributed by atoms with Gasteiger partial charge in [0.05, 0.1) is 6.61 Å². The highest BCUT2D eigenvalue weighted by molar-refractivity contribution is 7.47. The topological polar surface area (TPSA) is 108 Å². The van der Waals surface area contributed by atoms with E-state index in [-0.39, 0.29) is 19.4 Å². The fourth-order valence-electron chi connectivity index (χ4n) is 5.90. The van der Waals surface area contributed by atoms with Crippen LogP contribution in [0.3, 0.4) is 0 Å². The van der Waals surface area contributed by atoms with Gasteiger partial charge in [-0.3, -0.25) is 18.6 Å². The summed E-state index contributed by atoms with van der Waals surface area (Å²) in [6.07, 6.45) is 51.6. The van der Waals surface area contributed by atoms with Gasteiger partial charge >= 0.3 is 19.8 Å². The number of hydrogen-bond donors (Lipinski definition) is 1. The molecule has 0 spiro atoms. The predicted molar refractivity (Wildman–Crippen MR) is 230 cm³/mol. The number of unbranched alkanes of at least 4 members (excludes halogenated alkanes) is 19. The Morgan fingerprint density at radius 1 is 0.527 bits per heavy atom. The Morgan fingerprint density at radius 3 is 1.45 bits per heavy atom. The minimum Gasteiger partial charge on any atom is -0.462 e. The summed E-state index contributed by atoms with van der Waals surface area (Å²) >= 11 is 0. The zero-order valence-corrected chi connectivity index (χ0v) is 36.2. The smallest absolute Gasteiger partial charge is 0.462 e. The maximum Gasteiger partial charge on any atom is 0.472 e. The van der Waals surface area contributed by atoms with E-state index < -0.39 is 32.5 Å². The van der Waals surface area contributed by atoms with Crippen LogP contribution in [0.4, 0.5) is 0 Å². The van der Waals surface area contributed by atoms with Crippen molar-refractivity contribution in [1.82, 2.24) is 0 Å². The molecule has 0 radical (unpaired) electrons. The SMILES string of the molecule is CC/C=C\C/C=C\C/C=C\C/C=C\CCC(=O)OC(COC(=O)CCCCCCCCCCCCC/C=C\CCCCCCCCCC)COP(=O)(O)OC. The van der Waals surface area contributed by atoms with E-state index in [0.29, 0.717) is 6.42 Å². The standard InChI is InChI=1S/C46H81O8P/c1-4-6-8-10-12-14-16-18-19-20-21-22-23-24-25-26-27-29-30-32-34-36-38-40-45(47)52-42-44(43-53-55(49,50)51-3)54-46(48)41-39-37-35-33-31-28-17-15-13-11-9-7-5-2/h7,9,13,15,20-21,28,31,35,37,44H,4-6,8,10-12,14,16-19,22-27,29-30,32-34,36,38-43H2,1-3H3,(H,49,50)/b9-7-,15-13-,21-20-,31-28-,37-35-. The fourth-order valence-corrected chi connectivity index (χ4v) is 6.36. The van der Waals surface area contributed by atoms with Crippen LogP contribution in [-0.4, -0.2) is 43.3 Å². The highest BCUT2D eigenvalue weighted by atomic mass is 31.2. The summed E-state index contributed by atoms with van der Waals surface area (Å²) in [5, 5.41) is 0. The Hall–Kier alpha value is -2.25. The predicted octanol–water partition coefficient (Wildman–Crippen LogP) is 13.9. The van der Waals surface area contributed by atoms with Crippen LogP contribution in [0, 0.1) is 0 Å². The molecule has 0 aliphatic carbocycles. The normalized spacial score (nSPS) is 13.9. The molecule has 2 unspecified atom stereocenters. The van der Waals surface area contributed by atoms with Crippen LogP contribution in [0.1, 0.15) is 194 Å². The first kappa shape index (κ1) is 52.8. The number of carbonyl (C=O) groups excluding carboxylic acids is 2. The van der Waals surface area contributed by atoms with Crippen molar-refractivity contribution in [2.24, 2.45) is 0 Å². The van der Waals surface area contributed by atoms with E-state index in [9.17, 15) is 19.0 Å². The third kappa shape index (κ3) is 41.2. The van der Waals surface area contributed by atoms with Gasteiger partial charge in [0.25, 0.3) is 0 Å². The number of ether oxygens (including phenoxy) is 2. The van der Waals surface area contributed by atoms with Crippen LogP contribution in [-0.2, 0) is 32.7 Å². The van der Waals surface area contributed by atoms with Gasteiger partial charge in [0, 0.05) is 20.0 Å². The first-order valence-electron chi connectivity index (χ1n) is 22.0. The lowest BCUT2D eigenvalue weighted by molar-refractivity contribution is -0.161. The summed E-state index contributed by atoms with van der Waals surface area (Å²) in [5.74, 6) is -0.900. The molecule has 55 heavy (non-hydrogen) atoms. The average Bonchev–Trinajstić information content (AvgIpc) is 3.18. The van der Waals surface area contributed by atoms with Crippen LogP contribution in [0.15, 0.2) is 60.8 Å². The van der Waals surface area contributed by atoms with Gasteiger partial charge < -0.3 is 14.4 Å². The molecule has 0 rings (SSSR count). The van der Waals surface area contributed by atoms with Gasteiger partial charge in [-0.05, 0) is 64.2 Å². The van der Waals surface area contributed by atoms with Crippen LogP contribution in [0.5, 0.6) is 0 Å². The van der Waals surface area contributed by atoms with Crippen molar-refractivity contribution in [3.63, 3.8) is 0 Å². The van der Waals surface area contributed by atoms with Gasteiger partial charge in [0.1, 0.15) is 6.61 Å². The minimum absolute atomic E-state index is 0.122. The number of phosphoric ester groups is 1. The molecule has 0 bridgehead atoms. The van der Waals surface area contributed by atoms with E-state index in [0.717, 1.165) is 52.1 Å². The molecule has 0 aromatic carbocycles. The molecule has 0 aliphatic rings. The zero-order chi connectivity index (χ0) is 40.3. The number of carbonyl (C=O) groups is 2.